The second-order valence-electron chi connectivity index (χ2n) is 6.60. The number of imidazole rings is 1. The van der Waals surface area contributed by atoms with E-state index >= 15 is 0 Å². The number of fused-ring (bicyclic) bond motifs is 1. The molecule has 0 aliphatic heterocycles. The summed E-state index contributed by atoms with van der Waals surface area (Å²) in [5, 5.41) is 6.29. The Hall–Kier alpha value is -4.26. The van der Waals surface area contributed by atoms with Gasteiger partial charge in [-0.25, -0.2) is 14.4 Å². The SMILES string of the molecule is Fc1ccccc1Nc1nc2cnc(Nc3ccccc3)nc2n1-c1ccccc1. The van der Waals surface area contributed by atoms with Crippen LogP contribution in [0.3, 0.4) is 0 Å². The molecule has 0 aliphatic carbocycles. The molecule has 6 nitrogen and oxygen atoms in total. The molecule has 0 aliphatic rings. The maximum absolute atomic E-state index is 14.2. The summed E-state index contributed by atoms with van der Waals surface area (Å²) < 4.78 is 16.1. The Morgan fingerprint density at radius 2 is 1.43 bits per heavy atom. The smallest absolute Gasteiger partial charge is 0.229 e. The van der Waals surface area contributed by atoms with E-state index in [1.165, 1.54) is 6.07 Å². The van der Waals surface area contributed by atoms with Crippen molar-refractivity contribution in [3.63, 3.8) is 0 Å². The molecule has 0 atom stereocenters. The highest BCUT2D eigenvalue weighted by molar-refractivity contribution is 5.79. The number of anilines is 4. The van der Waals surface area contributed by atoms with Crippen molar-refractivity contribution in [1.82, 2.24) is 19.5 Å². The maximum atomic E-state index is 14.2. The lowest BCUT2D eigenvalue weighted by Gasteiger charge is -2.11. The molecule has 0 fully saturated rings. The monoisotopic (exact) mass is 396 g/mol. The molecule has 3 aromatic carbocycles. The number of rotatable bonds is 5. The fraction of sp³-hybridized carbons (Fsp3) is 0. The largest absolute Gasteiger partial charge is 0.324 e. The fourth-order valence-corrected chi connectivity index (χ4v) is 3.17. The van der Waals surface area contributed by atoms with Gasteiger partial charge in [0.15, 0.2) is 5.65 Å². The van der Waals surface area contributed by atoms with Crippen LogP contribution >= 0.6 is 0 Å². The van der Waals surface area contributed by atoms with Crippen molar-refractivity contribution in [2.45, 2.75) is 0 Å². The highest BCUT2D eigenvalue weighted by atomic mass is 19.1. The van der Waals surface area contributed by atoms with Crippen molar-refractivity contribution in [3.8, 4) is 5.69 Å². The maximum Gasteiger partial charge on any atom is 0.229 e. The van der Waals surface area contributed by atoms with Gasteiger partial charge in [0.1, 0.15) is 11.3 Å². The Morgan fingerprint density at radius 3 is 2.20 bits per heavy atom. The standard InChI is InChI=1S/C23H17FN6/c24-18-13-7-8-14-19(18)27-23-28-20-15-25-22(26-16-9-3-1-4-10-16)29-21(20)30(23)17-11-5-2-6-12-17/h1-15H,(H,27,28)(H,25,26,29). The number of para-hydroxylation sites is 3. The molecule has 0 saturated heterocycles. The molecule has 5 rings (SSSR count). The second kappa shape index (κ2) is 7.63. The molecular weight excluding hydrogens is 379 g/mol. The van der Waals surface area contributed by atoms with E-state index < -0.39 is 0 Å². The van der Waals surface area contributed by atoms with Gasteiger partial charge in [-0.3, -0.25) is 4.57 Å². The zero-order valence-corrected chi connectivity index (χ0v) is 15.8. The minimum Gasteiger partial charge on any atom is -0.324 e. The number of nitrogens with one attached hydrogen (secondary N) is 2. The first-order chi connectivity index (χ1) is 14.8. The van der Waals surface area contributed by atoms with Crippen LogP contribution in [0, 0.1) is 5.82 Å². The zero-order valence-electron chi connectivity index (χ0n) is 15.8. The summed E-state index contributed by atoms with van der Waals surface area (Å²) in [7, 11) is 0. The van der Waals surface area contributed by atoms with Crippen LogP contribution in [-0.4, -0.2) is 19.5 Å². The minimum absolute atomic E-state index is 0.334. The van der Waals surface area contributed by atoms with Crippen LogP contribution < -0.4 is 10.6 Å². The van der Waals surface area contributed by atoms with Crippen LogP contribution in [0.25, 0.3) is 16.9 Å². The van der Waals surface area contributed by atoms with Gasteiger partial charge in [-0.05, 0) is 36.4 Å². The van der Waals surface area contributed by atoms with Crippen molar-refractivity contribution in [2.24, 2.45) is 0 Å². The predicted molar refractivity (Wildman–Crippen MR) is 116 cm³/mol. The summed E-state index contributed by atoms with van der Waals surface area (Å²) in [4.78, 5) is 13.7. The van der Waals surface area contributed by atoms with Gasteiger partial charge in [-0.2, -0.15) is 4.98 Å². The van der Waals surface area contributed by atoms with Crippen LogP contribution in [-0.2, 0) is 0 Å². The van der Waals surface area contributed by atoms with Crippen molar-refractivity contribution in [3.05, 3.63) is 96.9 Å². The third-order valence-electron chi connectivity index (χ3n) is 4.56. The number of hydrogen-bond acceptors (Lipinski definition) is 5. The summed E-state index contributed by atoms with van der Waals surface area (Å²) in [5.41, 5.74) is 3.26. The van der Waals surface area contributed by atoms with Crippen LogP contribution in [0.5, 0.6) is 0 Å². The van der Waals surface area contributed by atoms with Gasteiger partial charge in [0, 0.05) is 5.69 Å². The summed E-state index contributed by atoms with van der Waals surface area (Å²) >= 11 is 0. The molecule has 2 heterocycles. The molecular formula is C23H17FN6. The van der Waals surface area contributed by atoms with E-state index in [1.54, 1.807) is 24.4 Å². The lowest BCUT2D eigenvalue weighted by molar-refractivity contribution is 0.631. The van der Waals surface area contributed by atoms with Gasteiger partial charge in [-0.1, -0.05) is 48.5 Å². The third-order valence-corrected chi connectivity index (χ3v) is 4.56. The Bertz CT molecular complexity index is 1300. The lowest BCUT2D eigenvalue weighted by atomic mass is 10.3. The molecule has 0 saturated carbocycles. The first-order valence-electron chi connectivity index (χ1n) is 9.42. The summed E-state index contributed by atoms with van der Waals surface area (Å²) in [6.07, 6.45) is 1.65. The molecule has 5 aromatic rings. The van der Waals surface area contributed by atoms with E-state index in [9.17, 15) is 4.39 Å². The lowest BCUT2D eigenvalue weighted by Crippen LogP contribution is -2.04. The van der Waals surface area contributed by atoms with Gasteiger partial charge < -0.3 is 10.6 Å². The molecule has 0 unspecified atom stereocenters. The van der Waals surface area contributed by atoms with Gasteiger partial charge in [0.05, 0.1) is 17.6 Å². The Labute approximate surface area is 172 Å². The average molecular weight is 396 g/mol. The Morgan fingerprint density at radius 1 is 0.733 bits per heavy atom. The van der Waals surface area contributed by atoms with E-state index in [0.29, 0.717) is 28.7 Å². The van der Waals surface area contributed by atoms with Crippen LogP contribution in [0.4, 0.5) is 27.7 Å². The van der Waals surface area contributed by atoms with Crippen molar-refractivity contribution in [1.29, 1.82) is 0 Å². The van der Waals surface area contributed by atoms with Crippen LogP contribution in [0.1, 0.15) is 0 Å². The zero-order chi connectivity index (χ0) is 20.3. The molecule has 2 aromatic heterocycles. The Kier molecular flexibility index (Phi) is 4.53. The average Bonchev–Trinajstić information content (AvgIpc) is 3.14. The number of benzene rings is 3. The topological polar surface area (TPSA) is 67.7 Å². The van der Waals surface area contributed by atoms with Crippen LogP contribution in [0.2, 0.25) is 0 Å². The molecule has 0 spiro atoms. The number of nitrogens with zero attached hydrogens (tertiary/aromatic N) is 4. The molecule has 2 N–H and O–H groups in total. The molecule has 146 valence electrons. The third kappa shape index (κ3) is 3.44. The molecule has 0 radical (unpaired) electrons. The highest BCUT2D eigenvalue weighted by Gasteiger charge is 2.16. The molecule has 30 heavy (non-hydrogen) atoms. The van der Waals surface area contributed by atoms with Gasteiger partial charge in [0.25, 0.3) is 0 Å². The number of hydrogen-bond donors (Lipinski definition) is 2. The molecule has 7 heteroatoms. The van der Waals surface area contributed by atoms with Gasteiger partial charge >= 0.3 is 0 Å². The first kappa shape index (κ1) is 17.8. The summed E-state index contributed by atoms with van der Waals surface area (Å²) in [5.74, 6) is 0.539. The first-order valence-corrected chi connectivity index (χ1v) is 9.42. The normalized spacial score (nSPS) is 10.8. The minimum atomic E-state index is -0.360. The van der Waals surface area contributed by atoms with Crippen molar-refractivity contribution in [2.75, 3.05) is 10.6 Å². The van der Waals surface area contributed by atoms with Crippen molar-refractivity contribution < 1.29 is 4.39 Å². The van der Waals surface area contributed by atoms with Gasteiger partial charge in [0.2, 0.25) is 11.9 Å². The number of halogens is 1. The summed E-state index contributed by atoms with van der Waals surface area (Å²) in [6, 6.07) is 25.9. The van der Waals surface area contributed by atoms with E-state index in [2.05, 4.69) is 25.6 Å². The fourth-order valence-electron chi connectivity index (χ4n) is 3.17. The number of aromatic nitrogens is 4. The molecule has 0 amide bonds. The second-order valence-corrected chi connectivity index (χ2v) is 6.60. The summed E-state index contributed by atoms with van der Waals surface area (Å²) in [6.45, 7) is 0. The van der Waals surface area contributed by atoms with E-state index in [0.717, 1.165) is 11.4 Å². The Balaban J connectivity index is 1.63. The predicted octanol–water partition coefficient (Wildman–Crippen LogP) is 5.44. The van der Waals surface area contributed by atoms with E-state index in [-0.39, 0.29) is 5.82 Å². The van der Waals surface area contributed by atoms with Crippen molar-refractivity contribution >= 4 is 34.4 Å². The van der Waals surface area contributed by atoms with Gasteiger partial charge in [-0.15, -0.1) is 0 Å². The van der Waals surface area contributed by atoms with E-state index in [1.807, 2.05) is 65.2 Å². The highest BCUT2D eigenvalue weighted by Crippen LogP contribution is 2.27. The molecule has 0 bridgehead atoms. The van der Waals surface area contributed by atoms with Crippen LogP contribution in [0.15, 0.2) is 91.1 Å². The quantitative estimate of drug-likeness (QED) is 0.414. The van der Waals surface area contributed by atoms with E-state index in [4.69, 9.17) is 0 Å².